The van der Waals surface area contributed by atoms with Crippen LogP contribution in [0.5, 0.6) is 0 Å². The minimum absolute atomic E-state index is 1.10. The van der Waals surface area contributed by atoms with Crippen LogP contribution in [-0.2, 0) is 0 Å². The highest BCUT2D eigenvalue weighted by molar-refractivity contribution is 5.25. The first-order valence-electron chi connectivity index (χ1n) is 5.39. The van der Waals surface area contributed by atoms with Gasteiger partial charge in [-0.25, -0.2) is 0 Å². The van der Waals surface area contributed by atoms with Gasteiger partial charge in [-0.3, -0.25) is 0 Å². The SMILES string of the molecule is C=CC=CC(C)=C(C)N(C)C=C(C)CC. The lowest BCUT2D eigenvalue weighted by Gasteiger charge is -2.18. The molecule has 84 valence electrons. The van der Waals surface area contributed by atoms with Crippen molar-refractivity contribution in [2.75, 3.05) is 7.05 Å². The maximum atomic E-state index is 3.66. The standard InChI is InChI=1S/C14H23N/c1-7-9-10-13(4)14(5)15(6)11-12(3)8-2/h7,9-11H,1,8H2,2-6H3. The third kappa shape index (κ3) is 5.26. The molecule has 0 saturated carbocycles. The third-order valence-corrected chi connectivity index (χ3v) is 2.55. The molecule has 0 N–H and O–H groups in total. The largest absolute Gasteiger partial charge is 0.355 e. The Kier molecular flexibility index (Phi) is 6.52. The van der Waals surface area contributed by atoms with Crippen LogP contribution >= 0.6 is 0 Å². The Balaban J connectivity index is 4.75. The van der Waals surface area contributed by atoms with Gasteiger partial charge in [0.15, 0.2) is 0 Å². The minimum atomic E-state index is 1.10. The van der Waals surface area contributed by atoms with Crippen LogP contribution in [0, 0.1) is 0 Å². The first kappa shape index (κ1) is 13.8. The summed E-state index contributed by atoms with van der Waals surface area (Å²) in [6.45, 7) is 12.2. The Morgan fingerprint density at radius 2 is 1.87 bits per heavy atom. The Hall–Kier alpha value is -1.24. The van der Waals surface area contributed by atoms with E-state index in [1.165, 1.54) is 16.8 Å². The van der Waals surface area contributed by atoms with Crippen molar-refractivity contribution in [2.45, 2.75) is 34.1 Å². The number of hydrogen-bond acceptors (Lipinski definition) is 1. The van der Waals surface area contributed by atoms with Crippen molar-refractivity contribution in [3.05, 3.63) is 47.9 Å². The highest BCUT2D eigenvalue weighted by Gasteiger charge is 1.98. The van der Waals surface area contributed by atoms with Gasteiger partial charge in [-0.2, -0.15) is 0 Å². The van der Waals surface area contributed by atoms with E-state index < -0.39 is 0 Å². The van der Waals surface area contributed by atoms with Crippen molar-refractivity contribution in [1.82, 2.24) is 4.90 Å². The number of hydrogen-bond donors (Lipinski definition) is 0. The molecule has 1 heteroatoms. The normalized spacial score (nSPS) is 14.1. The highest BCUT2D eigenvalue weighted by atomic mass is 15.1. The van der Waals surface area contributed by atoms with E-state index in [4.69, 9.17) is 0 Å². The van der Waals surface area contributed by atoms with Crippen molar-refractivity contribution in [3.63, 3.8) is 0 Å². The quantitative estimate of drug-likeness (QED) is 0.606. The summed E-state index contributed by atoms with van der Waals surface area (Å²) < 4.78 is 0. The second kappa shape index (κ2) is 7.10. The van der Waals surface area contributed by atoms with Crippen molar-refractivity contribution >= 4 is 0 Å². The van der Waals surface area contributed by atoms with Gasteiger partial charge in [0.2, 0.25) is 0 Å². The zero-order chi connectivity index (χ0) is 11.8. The summed E-state index contributed by atoms with van der Waals surface area (Å²) in [5, 5.41) is 0. The van der Waals surface area contributed by atoms with E-state index in [0.717, 1.165) is 6.42 Å². The molecule has 0 aliphatic heterocycles. The lowest BCUT2D eigenvalue weighted by atomic mass is 10.2. The van der Waals surface area contributed by atoms with Gasteiger partial charge in [0.25, 0.3) is 0 Å². The smallest absolute Gasteiger partial charge is 0.0169 e. The van der Waals surface area contributed by atoms with Gasteiger partial charge in [-0.1, -0.05) is 37.3 Å². The summed E-state index contributed by atoms with van der Waals surface area (Å²) in [5.74, 6) is 0. The second-order valence-corrected chi connectivity index (χ2v) is 3.80. The van der Waals surface area contributed by atoms with E-state index in [9.17, 15) is 0 Å². The zero-order valence-electron chi connectivity index (χ0n) is 10.7. The molecule has 0 atom stereocenters. The summed E-state index contributed by atoms with van der Waals surface area (Å²) in [6, 6.07) is 0. The number of nitrogens with zero attached hydrogens (tertiary/aromatic N) is 1. The van der Waals surface area contributed by atoms with E-state index >= 15 is 0 Å². The molecule has 0 bridgehead atoms. The van der Waals surface area contributed by atoms with Gasteiger partial charge in [-0.15, -0.1) is 0 Å². The Morgan fingerprint density at radius 1 is 1.27 bits per heavy atom. The van der Waals surface area contributed by atoms with Gasteiger partial charge in [0.05, 0.1) is 0 Å². The van der Waals surface area contributed by atoms with Crippen LogP contribution in [0.1, 0.15) is 34.1 Å². The van der Waals surface area contributed by atoms with Crippen LogP contribution in [0.2, 0.25) is 0 Å². The van der Waals surface area contributed by atoms with Gasteiger partial charge in [0.1, 0.15) is 0 Å². The predicted octanol–water partition coefficient (Wildman–Crippen LogP) is 4.27. The van der Waals surface area contributed by atoms with Crippen LogP contribution in [0.4, 0.5) is 0 Å². The van der Waals surface area contributed by atoms with E-state index in [0.29, 0.717) is 0 Å². The Labute approximate surface area is 94.5 Å². The monoisotopic (exact) mass is 205 g/mol. The molecule has 15 heavy (non-hydrogen) atoms. The van der Waals surface area contributed by atoms with Crippen LogP contribution in [0.3, 0.4) is 0 Å². The first-order valence-corrected chi connectivity index (χ1v) is 5.39. The molecule has 0 aliphatic carbocycles. The lowest BCUT2D eigenvalue weighted by Crippen LogP contribution is -2.09. The molecule has 0 unspecified atom stereocenters. The van der Waals surface area contributed by atoms with Crippen LogP contribution in [0.15, 0.2) is 47.9 Å². The molecular weight excluding hydrogens is 182 g/mol. The van der Waals surface area contributed by atoms with Gasteiger partial charge in [0, 0.05) is 18.9 Å². The summed E-state index contributed by atoms with van der Waals surface area (Å²) in [5.41, 5.74) is 3.91. The van der Waals surface area contributed by atoms with Crippen molar-refractivity contribution in [1.29, 1.82) is 0 Å². The molecule has 1 nitrogen and oxygen atoms in total. The summed E-state index contributed by atoms with van der Waals surface area (Å²) in [7, 11) is 2.08. The van der Waals surface area contributed by atoms with E-state index in [1.54, 1.807) is 6.08 Å². The molecule has 0 aromatic rings. The summed E-state index contributed by atoms with van der Waals surface area (Å²) in [6.07, 6.45) is 9.11. The molecular formula is C14H23N. The predicted molar refractivity (Wildman–Crippen MR) is 69.5 cm³/mol. The Bertz CT molecular complexity index is 292. The molecule has 0 aromatic carbocycles. The minimum Gasteiger partial charge on any atom is -0.355 e. The average molecular weight is 205 g/mol. The zero-order valence-corrected chi connectivity index (χ0v) is 10.7. The fraction of sp³-hybridized carbons (Fsp3) is 0.429. The van der Waals surface area contributed by atoms with E-state index in [1.807, 2.05) is 6.08 Å². The summed E-state index contributed by atoms with van der Waals surface area (Å²) >= 11 is 0. The molecule has 0 aliphatic rings. The average Bonchev–Trinajstić information content (AvgIpc) is 2.24. The van der Waals surface area contributed by atoms with Crippen LogP contribution in [-0.4, -0.2) is 11.9 Å². The van der Waals surface area contributed by atoms with Crippen molar-refractivity contribution in [3.8, 4) is 0 Å². The van der Waals surface area contributed by atoms with Gasteiger partial charge >= 0.3 is 0 Å². The van der Waals surface area contributed by atoms with Crippen LogP contribution in [0.25, 0.3) is 0 Å². The number of rotatable bonds is 5. The van der Waals surface area contributed by atoms with E-state index in [-0.39, 0.29) is 0 Å². The van der Waals surface area contributed by atoms with Crippen molar-refractivity contribution < 1.29 is 0 Å². The molecule has 0 aromatic heterocycles. The topological polar surface area (TPSA) is 3.24 Å². The maximum absolute atomic E-state index is 3.66. The van der Waals surface area contributed by atoms with Crippen molar-refractivity contribution in [2.24, 2.45) is 0 Å². The molecule has 0 fully saturated rings. The lowest BCUT2D eigenvalue weighted by molar-refractivity contribution is 0.557. The van der Waals surface area contributed by atoms with Gasteiger partial charge in [-0.05, 0) is 32.8 Å². The molecule has 0 spiro atoms. The molecule has 0 radical (unpaired) electrons. The van der Waals surface area contributed by atoms with Crippen LogP contribution < -0.4 is 0 Å². The molecule has 0 rings (SSSR count). The fourth-order valence-electron chi connectivity index (χ4n) is 1.13. The maximum Gasteiger partial charge on any atom is 0.0169 e. The van der Waals surface area contributed by atoms with Gasteiger partial charge < -0.3 is 4.90 Å². The second-order valence-electron chi connectivity index (χ2n) is 3.80. The fourth-order valence-corrected chi connectivity index (χ4v) is 1.13. The highest BCUT2D eigenvalue weighted by Crippen LogP contribution is 2.11. The molecule has 0 amide bonds. The molecule has 0 saturated heterocycles. The van der Waals surface area contributed by atoms with E-state index in [2.05, 4.69) is 58.5 Å². The summed E-state index contributed by atoms with van der Waals surface area (Å²) in [4.78, 5) is 2.17. The number of allylic oxidation sites excluding steroid dienone is 6. The third-order valence-electron chi connectivity index (χ3n) is 2.55. The first-order chi connectivity index (χ1) is 7.02. The molecule has 0 heterocycles. The Morgan fingerprint density at radius 3 is 2.33 bits per heavy atom.